The highest BCUT2D eigenvalue weighted by atomic mass is 79.9. The van der Waals surface area contributed by atoms with Gasteiger partial charge in [-0.1, -0.05) is 15.9 Å². The topological polar surface area (TPSA) is 22.1 Å². The summed E-state index contributed by atoms with van der Waals surface area (Å²) in [7, 11) is 0. The summed E-state index contributed by atoms with van der Waals surface area (Å²) in [6.07, 6.45) is 3.97. The van der Waals surface area contributed by atoms with E-state index >= 15 is 0 Å². The van der Waals surface area contributed by atoms with Crippen LogP contribution in [0.3, 0.4) is 0 Å². The molecular formula is C11H13Br2NO. The molecule has 0 aromatic carbocycles. The van der Waals surface area contributed by atoms with E-state index in [4.69, 9.17) is 4.74 Å². The van der Waals surface area contributed by atoms with Crippen LogP contribution in [-0.4, -0.2) is 23.5 Å². The molecule has 2 nitrogen and oxygen atoms in total. The predicted molar refractivity (Wildman–Crippen MR) is 67.3 cm³/mol. The molecule has 1 aliphatic rings. The first-order chi connectivity index (χ1) is 7.24. The van der Waals surface area contributed by atoms with Crippen molar-refractivity contribution in [1.82, 2.24) is 4.98 Å². The molecule has 82 valence electrons. The molecule has 1 atom stereocenters. The number of hydrogen-bond acceptors (Lipinski definition) is 2. The van der Waals surface area contributed by atoms with E-state index in [2.05, 4.69) is 42.9 Å². The van der Waals surface area contributed by atoms with Gasteiger partial charge < -0.3 is 4.74 Å². The van der Waals surface area contributed by atoms with Crippen molar-refractivity contribution in [2.24, 2.45) is 5.41 Å². The zero-order valence-corrected chi connectivity index (χ0v) is 11.6. The summed E-state index contributed by atoms with van der Waals surface area (Å²) in [5, 5.41) is 0.984. The van der Waals surface area contributed by atoms with E-state index in [9.17, 15) is 0 Å². The number of aromatic nitrogens is 1. The van der Waals surface area contributed by atoms with Crippen LogP contribution < -0.4 is 0 Å². The molecule has 0 N–H and O–H groups in total. The molecule has 0 bridgehead atoms. The van der Waals surface area contributed by atoms with Crippen molar-refractivity contribution < 1.29 is 4.74 Å². The van der Waals surface area contributed by atoms with Crippen LogP contribution in [0.4, 0.5) is 0 Å². The molecule has 15 heavy (non-hydrogen) atoms. The SMILES string of the molecule is BrCC1(Cc2ccc(Br)cn2)CCOC1. The molecule has 2 rings (SSSR count). The number of pyridine rings is 1. The summed E-state index contributed by atoms with van der Waals surface area (Å²) >= 11 is 6.98. The van der Waals surface area contributed by atoms with Gasteiger partial charge in [-0.05, 0) is 40.9 Å². The van der Waals surface area contributed by atoms with Crippen LogP contribution in [0.15, 0.2) is 22.8 Å². The quantitative estimate of drug-likeness (QED) is 0.792. The lowest BCUT2D eigenvalue weighted by Gasteiger charge is -2.23. The summed E-state index contributed by atoms with van der Waals surface area (Å²) in [6, 6.07) is 4.12. The van der Waals surface area contributed by atoms with E-state index in [0.717, 1.165) is 41.6 Å². The Morgan fingerprint density at radius 3 is 2.87 bits per heavy atom. The van der Waals surface area contributed by atoms with Crippen LogP contribution in [-0.2, 0) is 11.2 Å². The van der Waals surface area contributed by atoms with E-state index in [1.54, 1.807) is 0 Å². The van der Waals surface area contributed by atoms with Crippen molar-refractivity contribution >= 4 is 31.9 Å². The third kappa shape index (κ3) is 2.80. The molecule has 1 aromatic heterocycles. The minimum Gasteiger partial charge on any atom is -0.381 e. The van der Waals surface area contributed by atoms with Crippen LogP contribution in [0.5, 0.6) is 0 Å². The second kappa shape index (κ2) is 4.93. The summed E-state index contributed by atoms with van der Waals surface area (Å²) in [6.45, 7) is 1.72. The maximum Gasteiger partial charge on any atom is 0.0535 e. The summed E-state index contributed by atoms with van der Waals surface area (Å²) < 4.78 is 6.51. The molecule has 0 saturated carbocycles. The summed E-state index contributed by atoms with van der Waals surface area (Å²) in [4.78, 5) is 4.41. The number of alkyl halides is 1. The first kappa shape index (κ1) is 11.6. The van der Waals surface area contributed by atoms with Crippen LogP contribution in [0.1, 0.15) is 12.1 Å². The third-order valence-corrected chi connectivity index (χ3v) is 4.47. The Kier molecular flexibility index (Phi) is 3.80. The summed E-state index contributed by atoms with van der Waals surface area (Å²) in [5.41, 5.74) is 1.39. The fourth-order valence-electron chi connectivity index (χ4n) is 1.84. The number of ether oxygens (including phenoxy) is 1. The van der Waals surface area contributed by atoms with Crippen LogP contribution in [0.25, 0.3) is 0 Å². The van der Waals surface area contributed by atoms with Gasteiger partial charge in [0.25, 0.3) is 0 Å². The third-order valence-electron chi connectivity index (χ3n) is 2.81. The van der Waals surface area contributed by atoms with Gasteiger partial charge >= 0.3 is 0 Å². The van der Waals surface area contributed by atoms with Gasteiger partial charge in [0.15, 0.2) is 0 Å². The van der Waals surface area contributed by atoms with Gasteiger partial charge in [-0.2, -0.15) is 0 Å². The van der Waals surface area contributed by atoms with E-state index in [1.807, 2.05) is 12.3 Å². The molecule has 4 heteroatoms. The smallest absolute Gasteiger partial charge is 0.0535 e. The fraction of sp³-hybridized carbons (Fsp3) is 0.545. The van der Waals surface area contributed by atoms with Crippen molar-refractivity contribution in [3.05, 3.63) is 28.5 Å². The average Bonchev–Trinajstić information content (AvgIpc) is 2.71. The highest BCUT2D eigenvalue weighted by Crippen LogP contribution is 2.34. The van der Waals surface area contributed by atoms with Crippen molar-refractivity contribution in [2.75, 3.05) is 18.5 Å². The molecule has 1 unspecified atom stereocenters. The molecule has 1 fully saturated rings. The van der Waals surface area contributed by atoms with Crippen LogP contribution >= 0.6 is 31.9 Å². The second-order valence-electron chi connectivity index (χ2n) is 4.08. The van der Waals surface area contributed by atoms with E-state index in [0.29, 0.717) is 0 Å². The Hall–Kier alpha value is 0.0700. The van der Waals surface area contributed by atoms with Crippen LogP contribution in [0.2, 0.25) is 0 Å². The van der Waals surface area contributed by atoms with E-state index in [-0.39, 0.29) is 5.41 Å². The molecule has 0 aliphatic carbocycles. The Balaban J connectivity index is 2.09. The molecule has 1 aromatic rings. The van der Waals surface area contributed by atoms with Gasteiger partial charge in [0.2, 0.25) is 0 Å². The minimum atomic E-state index is 0.251. The lowest BCUT2D eigenvalue weighted by molar-refractivity contribution is 0.161. The summed E-state index contributed by atoms with van der Waals surface area (Å²) in [5.74, 6) is 0. The van der Waals surface area contributed by atoms with Crippen molar-refractivity contribution in [3.8, 4) is 0 Å². The average molecular weight is 335 g/mol. The Labute approximate surface area is 107 Å². The van der Waals surface area contributed by atoms with E-state index < -0.39 is 0 Å². The molecule has 0 spiro atoms. The molecule has 1 aliphatic heterocycles. The van der Waals surface area contributed by atoms with Crippen molar-refractivity contribution in [2.45, 2.75) is 12.8 Å². The van der Waals surface area contributed by atoms with Gasteiger partial charge in [-0.25, -0.2) is 0 Å². The van der Waals surface area contributed by atoms with Gasteiger partial charge in [-0.3, -0.25) is 4.98 Å². The number of hydrogen-bond donors (Lipinski definition) is 0. The van der Waals surface area contributed by atoms with Crippen molar-refractivity contribution in [3.63, 3.8) is 0 Å². The second-order valence-corrected chi connectivity index (χ2v) is 5.56. The minimum absolute atomic E-state index is 0.251. The zero-order valence-electron chi connectivity index (χ0n) is 8.38. The number of halogens is 2. The van der Waals surface area contributed by atoms with E-state index in [1.165, 1.54) is 0 Å². The van der Waals surface area contributed by atoms with Crippen LogP contribution in [0, 0.1) is 5.41 Å². The molecule has 1 saturated heterocycles. The van der Waals surface area contributed by atoms with Gasteiger partial charge in [0, 0.05) is 33.7 Å². The van der Waals surface area contributed by atoms with Crippen molar-refractivity contribution in [1.29, 1.82) is 0 Å². The fourth-order valence-corrected chi connectivity index (χ4v) is 2.71. The first-order valence-electron chi connectivity index (χ1n) is 4.98. The number of nitrogens with zero attached hydrogens (tertiary/aromatic N) is 1. The standard InChI is InChI=1S/C11H13Br2NO/c12-7-11(3-4-15-8-11)5-10-2-1-9(13)6-14-10/h1-2,6H,3-5,7-8H2. The highest BCUT2D eigenvalue weighted by molar-refractivity contribution is 9.10. The largest absolute Gasteiger partial charge is 0.381 e. The Morgan fingerprint density at radius 1 is 1.47 bits per heavy atom. The van der Waals surface area contributed by atoms with Gasteiger partial charge in [0.05, 0.1) is 6.61 Å². The molecule has 2 heterocycles. The molecule has 0 radical (unpaired) electrons. The van der Waals surface area contributed by atoms with Gasteiger partial charge in [0.1, 0.15) is 0 Å². The first-order valence-corrected chi connectivity index (χ1v) is 6.90. The Morgan fingerprint density at radius 2 is 2.33 bits per heavy atom. The molecular weight excluding hydrogens is 322 g/mol. The highest BCUT2D eigenvalue weighted by Gasteiger charge is 2.34. The maximum atomic E-state index is 5.48. The lowest BCUT2D eigenvalue weighted by atomic mass is 9.85. The van der Waals surface area contributed by atoms with Gasteiger partial charge in [-0.15, -0.1) is 0 Å². The predicted octanol–water partition coefficient (Wildman–Crippen LogP) is 3.19. The monoisotopic (exact) mass is 333 g/mol. The normalized spacial score (nSPS) is 25.7. The zero-order chi connectivity index (χ0) is 10.7. The number of rotatable bonds is 3. The molecule has 0 amide bonds. The lowest BCUT2D eigenvalue weighted by Crippen LogP contribution is -2.26. The Bertz CT molecular complexity index is 320. The maximum absolute atomic E-state index is 5.48.